The number of aryl methyl sites for hydroxylation is 1. The number of nitrogens with one attached hydrogen (secondary N) is 1. The van der Waals surface area contributed by atoms with Crippen molar-refractivity contribution in [2.75, 3.05) is 20.2 Å². The highest BCUT2D eigenvalue weighted by atomic mass is 35.5. The lowest BCUT2D eigenvalue weighted by molar-refractivity contribution is -0.121. The van der Waals surface area contributed by atoms with Crippen molar-refractivity contribution in [2.24, 2.45) is 0 Å². The topological polar surface area (TPSA) is 75.7 Å². The summed E-state index contributed by atoms with van der Waals surface area (Å²) < 4.78 is 32.3. The molecule has 0 atom stereocenters. The van der Waals surface area contributed by atoms with Crippen LogP contribution in [0.25, 0.3) is 0 Å². The van der Waals surface area contributed by atoms with Crippen LogP contribution in [0.5, 0.6) is 5.75 Å². The number of nitrogens with zero attached hydrogens (tertiary/aromatic N) is 1. The summed E-state index contributed by atoms with van der Waals surface area (Å²) in [4.78, 5) is 12.4. The Labute approximate surface area is 175 Å². The van der Waals surface area contributed by atoms with E-state index in [4.69, 9.17) is 27.9 Å². The third-order valence-corrected chi connectivity index (χ3v) is 6.63. The first-order valence-corrected chi connectivity index (χ1v) is 10.7. The third kappa shape index (κ3) is 5.38. The summed E-state index contributed by atoms with van der Waals surface area (Å²) >= 11 is 11.9. The van der Waals surface area contributed by atoms with Gasteiger partial charge in [0.15, 0.2) is 0 Å². The van der Waals surface area contributed by atoms with E-state index in [9.17, 15) is 13.2 Å². The van der Waals surface area contributed by atoms with E-state index >= 15 is 0 Å². The van der Waals surface area contributed by atoms with Crippen molar-refractivity contribution in [3.05, 3.63) is 57.6 Å². The molecule has 6 nitrogen and oxygen atoms in total. The van der Waals surface area contributed by atoms with Crippen molar-refractivity contribution in [3.8, 4) is 5.75 Å². The number of carbonyl (C=O) groups excluding carboxylic acids is 1. The molecular formula is C19H22Cl2N2O4S. The van der Waals surface area contributed by atoms with Gasteiger partial charge in [0.1, 0.15) is 10.6 Å². The van der Waals surface area contributed by atoms with Gasteiger partial charge in [0.2, 0.25) is 15.9 Å². The van der Waals surface area contributed by atoms with E-state index in [2.05, 4.69) is 5.32 Å². The Morgan fingerprint density at radius 1 is 1.18 bits per heavy atom. The third-order valence-electron chi connectivity index (χ3n) is 4.10. The maximum Gasteiger partial charge on any atom is 0.247 e. The van der Waals surface area contributed by atoms with Gasteiger partial charge in [-0.05, 0) is 42.3 Å². The first-order chi connectivity index (χ1) is 13.2. The van der Waals surface area contributed by atoms with Gasteiger partial charge in [0.25, 0.3) is 0 Å². The standard InChI is InChI=1S/C19H22Cl2N2O4S/c1-4-23(28(25,26)18-9-13(2)5-8-17(18)27-3)12-19(24)22-11-14-6-7-15(20)10-16(14)21/h5-10H,4,11-12H2,1-3H3,(H,22,24). The number of sulfonamides is 1. The molecule has 0 bridgehead atoms. The summed E-state index contributed by atoms with van der Waals surface area (Å²) in [6.45, 7) is 3.44. The first-order valence-electron chi connectivity index (χ1n) is 8.54. The van der Waals surface area contributed by atoms with Gasteiger partial charge in [-0.25, -0.2) is 8.42 Å². The van der Waals surface area contributed by atoms with Crippen molar-refractivity contribution in [1.29, 1.82) is 0 Å². The molecule has 152 valence electrons. The fourth-order valence-electron chi connectivity index (χ4n) is 2.57. The van der Waals surface area contributed by atoms with Gasteiger partial charge < -0.3 is 10.1 Å². The number of hydrogen-bond donors (Lipinski definition) is 1. The minimum atomic E-state index is -3.90. The summed E-state index contributed by atoms with van der Waals surface area (Å²) in [5.74, 6) is -0.208. The Morgan fingerprint density at radius 3 is 2.50 bits per heavy atom. The minimum Gasteiger partial charge on any atom is -0.495 e. The largest absolute Gasteiger partial charge is 0.495 e. The van der Waals surface area contributed by atoms with Gasteiger partial charge >= 0.3 is 0 Å². The molecule has 0 fully saturated rings. The summed E-state index contributed by atoms with van der Waals surface area (Å²) in [6.07, 6.45) is 0. The molecule has 28 heavy (non-hydrogen) atoms. The van der Waals surface area contributed by atoms with Gasteiger partial charge in [-0.15, -0.1) is 0 Å². The average molecular weight is 445 g/mol. The van der Waals surface area contributed by atoms with E-state index < -0.39 is 15.9 Å². The predicted octanol–water partition coefficient (Wildman–Crippen LogP) is 3.64. The van der Waals surface area contributed by atoms with E-state index in [1.807, 2.05) is 0 Å². The maximum absolute atomic E-state index is 13.0. The van der Waals surface area contributed by atoms with Crippen LogP contribution in [0.15, 0.2) is 41.3 Å². The van der Waals surface area contributed by atoms with E-state index in [1.165, 1.54) is 13.2 Å². The van der Waals surface area contributed by atoms with Gasteiger partial charge in [-0.3, -0.25) is 4.79 Å². The molecule has 0 radical (unpaired) electrons. The molecule has 0 spiro atoms. The molecule has 0 unspecified atom stereocenters. The smallest absolute Gasteiger partial charge is 0.247 e. The first kappa shape index (κ1) is 22.5. The summed E-state index contributed by atoms with van der Waals surface area (Å²) in [5.41, 5.74) is 1.46. The van der Waals surface area contributed by atoms with Gasteiger partial charge in [0.05, 0.1) is 13.7 Å². The van der Waals surface area contributed by atoms with Crippen molar-refractivity contribution < 1.29 is 17.9 Å². The summed E-state index contributed by atoms with van der Waals surface area (Å²) in [7, 11) is -2.50. The zero-order valence-corrected chi connectivity index (χ0v) is 18.2. The molecule has 0 heterocycles. The lowest BCUT2D eigenvalue weighted by Crippen LogP contribution is -2.40. The average Bonchev–Trinajstić information content (AvgIpc) is 2.65. The monoisotopic (exact) mass is 444 g/mol. The number of amides is 1. The minimum absolute atomic E-state index is 0.0328. The van der Waals surface area contributed by atoms with Crippen molar-refractivity contribution in [3.63, 3.8) is 0 Å². The zero-order valence-electron chi connectivity index (χ0n) is 15.8. The molecule has 0 aliphatic heterocycles. The lowest BCUT2D eigenvalue weighted by Gasteiger charge is -2.21. The summed E-state index contributed by atoms with van der Waals surface area (Å²) in [5, 5.41) is 3.61. The molecule has 0 saturated carbocycles. The predicted molar refractivity (Wildman–Crippen MR) is 110 cm³/mol. The van der Waals surface area contributed by atoms with Crippen molar-refractivity contribution in [1.82, 2.24) is 9.62 Å². The molecular weight excluding hydrogens is 423 g/mol. The number of methoxy groups -OCH3 is 1. The second kappa shape index (κ2) is 9.60. The second-order valence-corrected chi connectivity index (χ2v) is 8.85. The molecule has 9 heteroatoms. The molecule has 2 aromatic rings. The lowest BCUT2D eigenvalue weighted by atomic mass is 10.2. The van der Waals surface area contributed by atoms with Crippen LogP contribution < -0.4 is 10.1 Å². The number of rotatable bonds is 8. The molecule has 2 aromatic carbocycles. The summed E-state index contributed by atoms with van der Waals surface area (Å²) in [6, 6.07) is 9.84. The molecule has 0 aliphatic rings. The SMILES string of the molecule is CCN(CC(=O)NCc1ccc(Cl)cc1Cl)S(=O)(=O)c1cc(C)ccc1OC. The van der Waals surface area contributed by atoms with Crippen molar-refractivity contribution in [2.45, 2.75) is 25.3 Å². The van der Waals surface area contributed by atoms with Crippen LogP contribution >= 0.6 is 23.2 Å². The molecule has 1 amide bonds. The zero-order chi connectivity index (χ0) is 20.9. The van der Waals surface area contributed by atoms with Gasteiger partial charge in [-0.1, -0.05) is 42.3 Å². The Kier molecular flexibility index (Phi) is 7.71. The van der Waals surface area contributed by atoms with Crippen LogP contribution in [-0.4, -0.2) is 38.8 Å². The normalized spacial score (nSPS) is 11.5. The fraction of sp³-hybridized carbons (Fsp3) is 0.316. The number of likely N-dealkylation sites (N-methyl/N-ethyl adjacent to an activating group) is 1. The van der Waals surface area contributed by atoms with E-state index in [0.717, 1.165) is 9.87 Å². The van der Waals surface area contributed by atoms with Crippen LogP contribution in [0.3, 0.4) is 0 Å². The van der Waals surface area contributed by atoms with Crippen LogP contribution in [-0.2, 0) is 21.4 Å². The van der Waals surface area contributed by atoms with E-state index in [0.29, 0.717) is 15.6 Å². The number of hydrogen-bond acceptors (Lipinski definition) is 4. The molecule has 1 N–H and O–H groups in total. The highest BCUT2D eigenvalue weighted by molar-refractivity contribution is 7.89. The van der Waals surface area contributed by atoms with Crippen LogP contribution in [0.1, 0.15) is 18.1 Å². The Bertz CT molecular complexity index is 964. The number of ether oxygens (including phenoxy) is 1. The highest BCUT2D eigenvalue weighted by Crippen LogP contribution is 2.27. The molecule has 0 aromatic heterocycles. The highest BCUT2D eigenvalue weighted by Gasteiger charge is 2.28. The number of carbonyl (C=O) groups is 1. The van der Waals surface area contributed by atoms with Crippen molar-refractivity contribution >= 4 is 39.1 Å². The second-order valence-electron chi connectivity index (χ2n) is 6.10. The quantitative estimate of drug-likeness (QED) is 0.673. The molecule has 2 rings (SSSR count). The van der Waals surface area contributed by atoms with E-state index in [-0.39, 0.29) is 30.3 Å². The van der Waals surface area contributed by atoms with Crippen LogP contribution in [0, 0.1) is 6.92 Å². The van der Waals surface area contributed by atoms with Gasteiger partial charge in [0, 0.05) is 23.1 Å². The van der Waals surface area contributed by atoms with E-state index in [1.54, 1.807) is 44.2 Å². The maximum atomic E-state index is 13.0. The number of halogens is 2. The molecule has 0 saturated heterocycles. The number of benzene rings is 2. The van der Waals surface area contributed by atoms with Crippen LogP contribution in [0.4, 0.5) is 0 Å². The Hall–Kier alpha value is -1.80. The Balaban J connectivity index is 2.14. The van der Waals surface area contributed by atoms with Crippen LogP contribution in [0.2, 0.25) is 10.0 Å². The fourth-order valence-corrected chi connectivity index (χ4v) is 4.69. The molecule has 0 aliphatic carbocycles. The Morgan fingerprint density at radius 2 is 1.89 bits per heavy atom. The van der Waals surface area contributed by atoms with Gasteiger partial charge in [-0.2, -0.15) is 4.31 Å².